The molecule has 0 saturated carbocycles. The fraction of sp³-hybridized carbons (Fsp3) is 0.500. The number of rotatable bonds is 5. The van der Waals surface area contributed by atoms with Crippen molar-refractivity contribution >= 4 is 27.6 Å². The number of nitrogens with one attached hydrogen (secondary N) is 1. The summed E-state index contributed by atoms with van der Waals surface area (Å²) >= 11 is 5.82. The maximum Gasteiger partial charge on any atom is 0.336 e. The highest BCUT2D eigenvalue weighted by atomic mass is 35.5. The first-order chi connectivity index (χ1) is 9.44. The van der Waals surface area contributed by atoms with E-state index in [1.807, 2.05) is 20.8 Å². The van der Waals surface area contributed by atoms with E-state index >= 15 is 0 Å². The zero-order valence-electron chi connectivity index (χ0n) is 12.5. The highest BCUT2D eigenvalue weighted by Crippen LogP contribution is 2.25. The van der Waals surface area contributed by atoms with Crippen LogP contribution in [0.15, 0.2) is 17.0 Å². The Labute approximate surface area is 130 Å². The van der Waals surface area contributed by atoms with E-state index in [0.717, 1.165) is 0 Å². The third-order valence-electron chi connectivity index (χ3n) is 3.01. The number of hydrogen-bond donors (Lipinski definition) is 2. The average molecular weight is 334 g/mol. The Kier molecular flexibility index (Phi) is 5.41. The van der Waals surface area contributed by atoms with Gasteiger partial charge in [0.25, 0.3) is 0 Å². The third kappa shape index (κ3) is 4.98. The lowest BCUT2D eigenvalue weighted by molar-refractivity contribution is 0.0696. The molecule has 7 heteroatoms. The lowest BCUT2D eigenvalue weighted by atomic mass is 9.93. The molecule has 0 aliphatic heterocycles. The summed E-state index contributed by atoms with van der Waals surface area (Å²) in [6.07, 6.45) is 0.664. The van der Waals surface area contributed by atoms with E-state index in [2.05, 4.69) is 4.72 Å². The molecule has 0 amide bonds. The quantitative estimate of drug-likeness (QED) is 0.867. The minimum absolute atomic E-state index is 0.00186. The maximum atomic E-state index is 12.3. The highest BCUT2D eigenvalue weighted by Gasteiger charge is 2.22. The van der Waals surface area contributed by atoms with Crippen molar-refractivity contribution in [2.75, 3.05) is 6.54 Å². The Morgan fingerprint density at radius 2 is 1.90 bits per heavy atom. The number of halogens is 1. The van der Waals surface area contributed by atoms with Crippen molar-refractivity contribution in [2.45, 2.75) is 39.0 Å². The number of hydrogen-bond acceptors (Lipinski definition) is 3. The van der Waals surface area contributed by atoms with Gasteiger partial charge in [0.2, 0.25) is 10.0 Å². The molecule has 0 aliphatic carbocycles. The van der Waals surface area contributed by atoms with Crippen LogP contribution in [0.2, 0.25) is 5.02 Å². The summed E-state index contributed by atoms with van der Waals surface area (Å²) in [4.78, 5) is 11.0. The van der Waals surface area contributed by atoms with Crippen molar-refractivity contribution in [1.29, 1.82) is 0 Å². The first-order valence-electron chi connectivity index (χ1n) is 6.47. The molecule has 0 aliphatic rings. The van der Waals surface area contributed by atoms with Crippen LogP contribution in [0.4, 0.5) is 0 Å². The summed E-state index contributed by atoms with van der Waals surface area (Å²) < 4.78 is 27.1. The lowest BCUT2D eigenvalue weighted by Crippen LogP contribution is -2.28. The monoisotopic (exact) mass is 333 g/mol. The van der Waals surface area contributed by atoms with Crippen LogP contribution in [0.25, 0.3) is 0 Å². The molecule has 2 N–H and O–H groups in total. The van der Waals surface area contributed by atoms with Gasteiger partial charge in [0.05, 0.1) is 10.5 Å². The fourth-order valence-electron chi connectivity index (χ4n) is 1.79. The highest BCUT2D eigenvalue weighted by molar-refractivity contribution is 7.89. The van der Waals surface area contributed by atoms with Gasteiger partial charge < -0.3 is 5.11 Å². The molecule has 0 saturated heterocycles. The average Bonchev–Trinajstić information content (AvgIpc) is 2.29. The zero-order valence-corrected chi connectivity index (χ0v) is 14.1. The van der Waals surface area contributed by atoms with Crippen molar-refractivity contribution in [3.63, 3.8) is 0 Å². The predicted octanol–water partition coefficient (Wildman–Crippen LogP) is 3.06. The van der Waals surface area contributed by atoms with Crippen LogP contribution in [0.1, 0.15) is 43.1 Å². The van der Waals surface area contributed by atoms with E-state index in [1.165, 1.54) is 19.1 Å². The van der Waals surface area contributed by atoms with Crippen molar-refractivity contribution < 1.29 is 18.3 Å². The Morgan fingerprint density at radius 3 is 2.38 bits per heavy atom. The molecule has 0 spiro atoms. The van der Waals surface area contributed by atoms with Gasteiger partial charge in [-0.25, -0.2) is 17.9 Å². The molecule has 0 atom stereocenters. The van der Waals surface area contributed by atoms with Crippen LogP contribution < -0.4 is 4.72 Å². The van der Waals surface area contributed by atoms with E-state index in [-0.39, 0.29) is 33.0 Å². The number of carboxylic acid groups (broad SMARTS) is 1. The SMILES string of the molecule is Cc1c(C(=O)O)cc(Cl)cc1S(=O)(=O)NCCC(C)(C)C. The first kappa shape index (κ1) is 17.9. The fourth-order valence-corrected chi connectivity index (χ4v) is 3.40. The largest absolute Gasteiger partial charge is 0.478 e. The molecule has 21 heavy (non-hydrogen) atoms. The molecular weight excluding hydrogens is 314 g/mol. The summed E-state index contributed by atoms with van der Waals surface area (Å²) in [6, 6.07) is 2.51. The minimum atomic E-state index is -3.79. The summed E-state index contributed by atoms with van der Waals surface area (Å²) in [7, 11) is -3.79. The number of carbonyl (C=O) groups is 1. The zero-order chi connectivity index (χ0) is 16.4. The second kappa shape index (κ2) is 6.34. The van der Waals surface area contributed by atoms with Gasteiger partial charge in [-0.1, -0.05) is 32.4 Å². The summed E-state index contributed by atoms with van der Waals surface area (Å²) in [5, 5.41) is 9.17. The van der Waals surface area contributed by atoms with Gasteiger partial charge in [-0.2, -0.15) is 0 Å². The first-order valence-corrected chi connectivity index (χ1v) is 8.33. The standard InChI is InChI=1S/C14H20ClNO4S/c1-9-11(13(17)18)7-10(15)8-12(9)21(19,20)16-6-5-14(2,3)4/h7-8,16H,5-6H2,1-4H3,(H,17,18). The molecule has 0 aromatic heterocycles. The Morgan fingerprint density at radius 1 is 1.33 bits per heavy atom. The molecule has 0 heterocycles. The van der Waals surface area contributed by atoms with Gasteiger partial charge in [-0.05, 0) is 36.5 Å². The predicted molar refractivity (Wildman–Crippen MR) is 82.4 cm³/mol. The summed E-state index contributed by atoms with van der Waals surface area (Å²) in [5.41, 5.74) is 0.0619. The molecular formula is C14H20ClNO4S. The van der Waals surface area contributed by atoms with Gasteiger partial charge in [0, 0.05) is 11.6 Å². The minimum Gasteiger partial charge on any atom is -0.478 e. The molecule has 0 fully saturated rings. The van der Waals surface area contributed by atoms with Gasteiger partial charge >= 0.3 is 5.97 Å². The van der Waals surface area contributed by atoms with Gasteiger partial charge in [0.15, 0.2) is 0 Å². The molecule has 1 rings (SSSR count). The maximum absolute atomic E-state index is 12.3. The topological polar surface area (TPSA) is 83.5 Å². The van der Waals surface area contributed by atoms with E-state index < -0.39 is 16.0 Å². The summed E-state index contributed by atoms with van der Waals surface area (Å²) in [6.45, 7) is 7.76. The third-order valence-corrected chi connectivity index (χ3v) is 4.82. The molecule has 0 radical (unpaired) electrons. The van der Waals surface area contributed by atoms with E-state index in [1.54, 1.807) is 0 Å². The molecule has 0 unspecified atom stereocenters. The van der Waals surface area contributed by atoms with Crippen molar-refractivity contribution in [2.24, 2.45) is 5.41 Å². The Bertz CT molecular complexity index is 648. The smallest absolute Gasteiger partial charge is 0.336 e. The Balaban J connectivity index is 3.12. The normalized spacial score (nSPS) is 12.4. The number of benzene rings is 1. The van der Waals surface area contributed by atoms with E-state index in [0.29, 0.717) is 6.42 Å². The van der Waals surface area contributed by atoms with Crippen molar-refractivity contribution in [3.05, 3.63) is 28.3 Å². The Hall–Kier alpha value is -1.11. The second-order valence-corrected chi connectivity index (χ2v) is 8.26. The molecule has 0 bridgehead atoms. The van der Waals surface area contributed by atoms with Crippen LogP contribution in [-0.2, 0) is 10.0 Å². The van der Waals surface area contributed by atoms with E-state index in [4.69, 9.17) is 16.7 Å². The van der Waals surface area contributed by atoms with E-state index in [9.17, 15) is 13.2 Å². The molecule has 1 aromatic carbocycles. The van der Waals surface area contributed by atoms with Gasteiger partial charge in [-0.3, -0.25) is 0 Å². The number of aromatic carboxylic acids is 1. The van der Waals surface area contributed by atoms with Crippen molar-refractivity contribution in [1.82, 2.24) is 4.72 Å². The van der Waals surface area contributed by atoms with Crippen LogP contribution in [0, 0.1) is 12.3 Å². The van der Waals surface area contributed by atoms with Crippen LogP contribution in [-0.4, -0.2) is 26.0 Å². The number of sulfonamides is 1. The van der Waals surface area contributed by atoms with Gasteiger partial charge in [0.1, 0.15) is 0 Å². The molecule has 5 nitrogen and oxygen atoms in total. The number of carboxylic acids is 1. The van der Waals surface area contributed by atoms with Crippen LogP contribution in [0.3, 0.4) is 0 Å². The second-order valence-electron chi connectivity index (χ2n) is 6.09. The lowest BCUT2D eigenvalue weighted by Gasteiger charge is -2.18. The van der Waals surface area contributed by atoms with Crippen LogP contribution >= 0.6 is 11.6 Å². The molecule has 1 aromatic rings. The molecule has 118 valence electrons. The van der Waals surface area contributed by atoms with Crippen LogP contribution in [0.5, 0.6) is 0 Å². The van der Waals surface area contributed by atoms with Crippen molar-refractivity contribution in [3.8, 4) is 0 Å². The summed E-state index contributed by atoms with van der Waals surface area (Å²) in [5.74, 6) is -1.21. The van der Waals surface area contributed by atoms with Gasteiger partial charge in [-0.15, -0.1) is 0 Å².